The van der Waals surface area contributed by atoms with Crippen LogP contribution >= 0.6 is 15.9 Å². The maximum absolute atomic E-state index is 10.4. The first kappa shape index (κ1) is 19.4. The summed E-state index contributed by atoms with van der Waals surface area (Å²) in [4.78, 5) is 20.3. The molecule has 0 aromatic heterocycles. The van der Waals surface area contributed by atoms with Gasteiger partial charge in [-0.3, -0.25) is 4.79 Å². The number of carbonyl (C=O) groups excluding carboxylic acids is 1. The van der Waals surface area contributed by atoms with Gasteiger partial charge in [0.1, 0.15) is 11.1 Å². The largest absolute Gasteiger partial charge is 0.482 e. The van der Waals surface area contributed by atoms with Gasteiger partial charge in [0.25, 0.3) is 0 Å². The van der Waals surface area contributed by atoms with Crippen LogP contribution in [0, 0.1) is 0 Å². The number of halogens is 1. The zero-order chi connectivity index (χ0) is 16.5. The van der Waals surface area contributed by atoms with Crippen molar-refractivity contribution in [2.24, 2.45) is 0 Å². The van der Waals surface area contributed by atoms with Gasteiger partial charge in [0, 0.05) is 0 Å². The summed E-state index contributed by atoms with van der Waals surface area (Å²) in [7, 11) is 1.35. The molecular weight excluding hydrogens is 340 g/mol. The topological polar surface area (TPSA) is 72.8 Å². The zero-order valence-corrected chi connectivity index (χ0v) is 14.3. The maximum Gasteiger partial charge on any atom is 0.341 e. The van der Waals surface area contributed by atoms with E-state index >= 15 is 0 Å². The molecule has 0 aliphatic rings. The smallest absolute Gasteiger partial charge is 0.341 e. The first-order valence-electron chi connectivity index (χ1n) is 6.29. The summed E-state index contributed by atoms with van der Waals surface area (Å²) >= 11 is 2.90. The van der Waals surface area contributed by atoms with Crippen LogP contribution in [0.1, 0.15) is 26.3 Å². The fourth-order valence-corrected chi connectivity index (χ4v) is 1.64. The first-order valence-corrected chi connectivity index (χ1v) is 7.41. The number of aliphatic carboxylic acids is 1. The molecule has 118 valence electrons. The molecule has 1 rings (SSSR count). The van der Waals surface area contributed by atoms with Gasteiger partial charge in [-0.1, -0.05) is 54.9 Å². The molecule has 5 nitrogen and oxygen atoms in total. The Labute approximate surface area is 133 Å². The van der Waals surface area contributed by atoms with E-state index in [1.54, 1.807) is 6.07 Å². The fourth-order valence-electron chi connectivity index (χ4n) is 1.41. The fraction of sp³-hybridized carbons (Fsp3) is 0.467. The summed E-state index contributed by atoms with van der Waals surface area (Å²) in [5.74, 6) is -0.555. The minimum Gasteiger partial charge on any atom is -0.482 e. The molecule has 21 heavy (non-hydrogen) atoms. The van der Waals surface area contributed by atoms with Gasteiger partial charge in [-0.15, -0.1) is 0 Å². The molecule has 0 spiro atoms. The molecule has 0 atom stereocenters. The summed E-state index contributed by atoms with van der Waals surface area (Å²) < 4.78 is 9.44. The van der Waals surface area contributed by atoms with E-state index in [0.29, 0.717) is 5.75 Å². The van der Waals surface area contributed by atoms with E-state index < -0.39 is 5.97 Å². The van der Waals surface area contributed by atoms with Gasteiger partial charge in [0.05, 0.1) is 7.11 Å². The van der Waals surface area contributed by atoms with E-state index in [-0.39, 0.29) is 23.3 Å². The van der Waals surface area contributed by atoms with Crippen molar-refractivity contribution in [2.45, 2.75) is 26.2 Å². The van der Waals surface area contributed by atoms with Crippen LogP contribution in [0.25, 0.3) is 0 Å². The second-order valence-corrected chi connectivity index (χ2v) is 5.70. The molecule has 0 bridgehead atoms. The lowest BCUT2D eigenvalue weighted by molar-refractivity contribution is -0.139. The van der Waals surface area contributed by atoms with Crippen molar-refractivity contribution in [3.63, 3.8) is 0 Å². The summed E-state index contributed by atoms with van der Waals surface area (Å²) in [5.41, 5.74) is 0.973. The van der Waals surface area contributed by atoms with Crippen molar-refractivity contribution < 1.29 is 24.2 Å². The molecule has 6 heteroatoms. The number of alkyl halides is 1. The van der Waals surface area contributed by atoms with Crippen molar-refractivity contribution in [3.8, 4) is 5.75 Å². The Morgan fingerprint density at radius 3 is 2.19 bits per heavy atom. The highest BCUT2D eigenvalue weighted by Crippen LogP contribution is 2.30. The van der Waals surface area contributed by atoms with Crippen LogP contribution in [0.4, 0.5) is 0 Å². The van der Waals surface area contributed by atoms with Crippen LogP contribution in [-0.4, -0.2) is 36.1 Å². The summed E-state index contributed by atoms with van der Waals surface area (Å²) in [6, 6.07) is 7.52. The Hall–Kier alpha value is -1.56. The molecule has 0 unspecified atom stereocenters. The standard InChI is InChI=1S/C12H16O3.C3H5BrO2/c1-12(2,3)9-6-4-5-7-10(9)15-8-11(13)14;1-6-3(5)2-4/h4-7H,8H2,1-3H3,(H,13,14);2H2,1H3. The SMILES string of the molecule is CC(C)(C)c1ccccc1OCC(=O)O.COC(=O)CBr. The molecule has 0 saturated heterocycles. The third-order valence-corrected chi connectivity index (χ3v) is 2.84. The highest BCUT2D eigenvalue weighted by Gasteiger charge is 2.18. The van der Waals surface area contributed by atoms with E-state index in [1.165, 1.54) is 7.11 Å². The monoisotopic (exact) mass is 360 g/mol. The van der Waals surface area contributed by atoms with Gasteiger partial charge in [0.15, 0.2) is 6.61 Å². The number of carboxylic acids is 1. The third-order valence-electron chi connectivity index (χ3n) is 2.38. The molecule has 1 N–H and O–H groups in total. The van der Waals surface area contributed by atoms with E-state index in [1.807, 2.05) is 18.2 Å². The van der Waals surface area contributed by atoms with Gasteiger partial charge >= 0.3 is 11.9 Å². The van der Waals surface area contributed by atoms with Crippen LogP contribution < -0.4 is 4.74 Å². The highest BCUT2D eigenvalue weighted by atomic mass is 79.9. The molecule has 0 aliphatic carbocycles. The number of carbonyl (C=O) groups is 2. The molecule has 1 aromatic carbocycles. The number of hydrogen-bond acceptors (Lipinski definition) is 4. The van der Waals surface area contributed by atoms with E-state index in [2.05, 4.69) is 41.4 Å². The maximum atomic E-state index is 10.4. The highest BCUT2D eigenvalue weighted by molar-refractivity contribution is 9.09. The van der Waals surface area contributed by atoms with Crippen LogP contribution in [0.2, 0.25) is 0 Å². The molecule has 0 radical (unpaired) electrons. The molecule has 1 aromatic rings. The van der Waals surface area contributed by atoms with Crippen molar-refractivity contribution in [2.75, 3.05) is 19.0 Å². The first-order chi connectivity index (χ1) is 9.72. The van der Waals surface area contributed by atoms with Crippen LogP contribution in [0.5, 0.6) is 5.75 Å². The minimum atomic E-state index is -0.960. The summed E-state index contributed by atoms with van der Waals surface area (Å²) in [6.45, 7) is 5.90. The number of esters is 1. The third kappa shape index (κ3) is 8.34. The minimum absolute atomic E-state index is 0.0465. The lowest BCUT2D eigenvalue weighted by Crippen LogP contribution is -2.16. The average molecular weight is 361 g/mol. The lowest BCUT2D eigenvalue weighted by atomic mass is 9.86. The van der Waals surface area contributed by atoms with Gasteiger partial charge in [0.2, 0.25) is 0 Å². The lowest BCUT2D eigenvalue weighted by Gasteiger charge is -2.22. The second kappa shape index (κ2) is 9.39. The van der Waals surface area contributed by atoms with E-state index in [9.17, 15) is 9.59 Å². The predicted molar refractivity (Wildman–Crippen MR) is 84.1 cm³/mol. The quantitative estimate of drug-likeness (QED) is 0.659. The summed E-state index contributed by atoms with van der Waals surface area (Å²) in [5, 5.41) is 8.82. The Balaban J connectivity index is 0.000000567. The van der Waals surface area contributed by atoms with Crippen LogP contribution in [-0.2, 0) is 19.7 Å². The number of para-hydroxylation sites is 1. The summed E-state index contributed by atoms with van der Waals surface area (Å²) in [6.07, 6.45) is 0. The van der Waals surface area contributed by atoms with Crippen LogP contribution in [0.3, 0.4) is 0 Å². The molecule has 0 fully saturated rings. The molecular formula is C15H21BrO5. The molecule has 0 aliphatic heterocycles. The van der Waals surface area contributed by atoms with Crippen molar-refractivity contribution in [1.29, 1.82) is 0 Å². The van der Waals surface area contributed by atoms with Gasteiger partial charge in [-0.05, 0) is 17.0 Å². The Bertz CT molecular complexity index is 459. The Kier molecular flexibility index (Phi) is 8.69. The van der Waals surface area contributed by atoms with Gasteiger partial charge in [-0.25, -0.2) is 4.79 Å². The van der Waals surface area contributed by atoms with Crippen molar-refractivity contribution in [1.82, 2.24) is 0 Å². The average Bonchev–Trinajstić information content (AvgIpc) is 2.44. The number of rotatable bonds is 4. The predicted octanol–water partition coefficient (Wildman–Crippen LogP) is 3.00. The van der Waals surface area contributed by atoms with E-state index in [4.69, 9.17) is 9.84 Å². The number of hydrogen-bond donors (Lipinski definition) is 1. The number of ether oxygens (including phenoxy) is 2. The van der Waals surface area contributed by atoms with E-state index in [0.717, 1.165) is 5.56 Å². The van der Waals surface area contributed by atoms with Crippen molar-refractivity contribution >= 4 is 27.9 Å². The number of benzene rings is 1. The number of methoxy groups -OCH3 is 1. The van der Waals surface area contributed by atoms with Gasteiger partial charge in [-0.2, -0.15) is 0 Å². The molecule has 0 saturated carbocycles. The Morgan fingerprint density at radius 1 is 1.24 bits per heavy atom. The molecule has 0 heterocycles. The zero-order valence-electron chi connectivity index (χ0n) is 12.7. The normalized spacial score (nSPS) is 10.1. The second-order valence-electron chi connectivity index (χ2n) is 5.14. The van der Waals surface area contributed by atoms with Gasteiger partial charge < -0.3 is 14.6 Å². The Morgan fingerprint density at radius 2 is 1.81 bits per heavy atom. The molecule has 0 amide bonds. The van der Waals surface area contributed by atoms with Crippen molar-refractivity contribution in [3.05, 3.63) is 29.8 Å². The van der Waals surface area contributed by atoms with Crippen LogP contribution in [0.15, 0.2) is 24.3 Å². The number of carboxylic acid groups (broad SMARTS) is 1.